The van der Waals surface area contributed by atoms with Gasteiger partial charge in [-0.25, -0.2) is 15.0 Å². The number of aryl methyl sites for hydroxylation is 2. The van der Waals surface area contributed by atoms with Gasteiger partial charge in [-0.05, 0) is 71.1 Å². The van der Waals surface area contributed by atoms with Gasteiger partial charge in [-0.1, -0.05) is 188 Å². The van der Waals surface area contributed by atoms with Crippen LogP contribution in [0.15, 0.2) is 187 Å². The van der Waals surface area contributed by atoms with Crippen LogP contribution in [0.1, 0.15) is 11.1 Å². The molecule has 0 amide bonds. The van der Waals surface area contributed by atoms with Gasteiger partial charge in [-0.15, -0.1) is 23.8 Å². The number of hydrogen-bond acceptors (Lipinski definition) is 4. The molecule has 9 rings (SSSR count). The summed E-state index contributed by atoms with van der Waals surface area (Å²) in [6, 6.07) is 64.3. The molecule has 0 saturated carbocycles. The maximum absolute atomic E-state index is 5.10. The fourth-order valence-electron chi connectivity index (χ4n) is 7.31. The van der Waals surface area contributed by atoms with E-state index >= 15 is 0 Å². The van der Waals surface area contributed by atoms with E-state index < -0.39 is 0 Å². The first-order valence-electron chi connectivity index (χ1n) is 18.9. The number of benzene rings is 7. The molecular formula is C52H36BrIrN4-. The molecule has 2 heterocycles. The predicted octanol–water partition coefficient (Wildman–Crippen LogP) is 13.8. The molecule has 6 heteroatoms. The molecule has 0 aliphatic heterocycles. The Morgan fingerprint density at radius 1 is 0.414 bits per heavy atom. The molecule has 0 spiro atoms. The molecule has 0 aliphatic carbocycles. The number of rotatable bonds is 8. The quantitative estimate of drug-likeness (QED) is 0.142. The Morgan fingerprint density at radius 2 is 0.914 bits per heavy atom. The fraction of sp³-hybridized carbons (Fsp3) is 0.0385. The molecule has 9 aromatic rings. The Morgan fingerprint density at radius 3 is 1.47 bits per heavy atom. The molecule has 0 aliphatic rings. The minimum absolute atomic E-state index is 0. The van der Waals surface area contributed by atoms with E-state index in [4.69, 9.17) is 19.9 Å². The third-order valence-electron chi connectivity index (χ3n) is 10.0. The van der Waals surface area contributed by atoms with Crippen LogP contribution in [-0.4, -0.2) is 19.9 Å². The van der Waals surface area contributed by atoms with Crippen molar-refractivity contribution < 1.29 is 20.1 Å². The van der Waals surface area contributed by atoms with E-state index in [0.717, 1.165) is 65.8 Å². The summed E-state index contributed by atoms with van der Waals surface area (Å²) in [6.07, 6.45) is 1.84. The van der Waals surface area contributed by atoms with Crippen LogP contribution in [-0.2, 0) is 20.1 Å². The van der Waals surface area contributed by atoms with E-state index in [1.807, 2.05) is 66.9 Å². The Hall–Kier alpha value is -6.17. The van der Waals surface area contributed by atoms with Crippen molar-refractivity contribution in [3.63, 3.8) is 0 Å². The van der Waals surface area contributed by atoms with Crippen molar-refractivity contribution in [3.05, 3.63) is 204 Å². The summed E-state index contributed by atoms with van der Waals surface area (Å²) in [5.41, 5.74) is 15.8. The number of pyridine rings is 1. The maximum atomic E-state index is 5.10. The van der Waals surface area contributed by atoms with Gasteiger partial charge >= 0.3 is 0 Å². The largest absolute Gasteiger partial charge is 0.304 e. The molecule has 7 aromatic carbocycles. The van der Waals surface area contributed by atoms with Crippen LogP contribution in [0.3, 0.4) is 0 Å². The van der Waals surface area contributed by atoms with Crippen LogP contribution in [0.5, 0.6) is 0 Å². The second-order valence-corrected chi connectivity index (χ2v) is 15.0. The van der Waals surface area contributed by atoms with Gasteiger partial charge in [0, 0.05) is 43.0 Å². The van der Waals surface area contributed by atoms with Gasteiger partial charge in [0.1, 0.15) is 0 Å². The van der Waals surface area contributed by atoms with Crippen molar-refractivity contribution in [2.75, 3.05) is 0 Å². The second kappa shape index (κ2) is 17.1. The van der Waals surface area contributed by atoms with Crippen molar-refractivity contribution in [1.29, 1.82) is 0 Å². The zero-order valence-electron chi connectivity index (χ0n) is 31.8. The smallest absolute Gasteiger partial charge is 0.165 e. The van der Waals surface area contributed by atoms with E-state index in [1.165, 1.54) is 22.3 Å². The Labute approximate surface area is 361 Å². The van der Waals surface area contributed by atoms with Gasteiger partial charge in [0.15, 0.2) is 17.5 Å². The molecule has 2 aromatic heterocycles. The summed E-state index contributed by atoms with van der Waals surface area (Å²) in [7, 11) is 0. The van der Waals surface area contributed by atoms with Crippen molar-refractivity contribution in [2.45, 2.75) is 13.8 Å². The standard InChI is InChI=1S/C52H36BrN4.Ir/c1-34-26-35(2)28-43(27-34)45-20-12-13-21-46(45)47-24-22-39(32-48(47)53)49-25-23-40(33-54-49)51-55-50(38-18-10-5-11-19-38)56-52(57-51)44-30-41(36-14-6-3-7-15-36)29-42(31-44)37-16-8-4-9-17-37;/h3-21,23-33H,1-2H3;/q-1;. The summed E-state index contributed by atoms with van der Waals surface area (Å²) < 4.78 is 0.973. The topological polar surface area (TPSA) is 51.6 Å². The fourth-order valence-corrected chi connectivity index (χ4v) is 7.86. The van der Waals surface area contributed by atoms with E-state index in [9.17, 15) is 0 Å². The van der Waals surface area contributed by atoms with Crippen molar-refractivity contribution >= 4 is 15.9 Å². The van der Waals surface area contributed by atoms with Gasteiger partial charge < -0.3 is 4.98 Å². The monoisotopic (exact) mass is 988 g/mol. The first-order valence-corrected chi connectivity index (χ1v) is 19.7. The number of aromatic nitrogens is 4. The van der Waals surface area contributed by atoms with Gasteiger partial charge in [-0.3, -0.25) is 0 Å². The summed E-state index contributed by atoms with van der Waals surface area (Å²) in [5.74, 6) is 1.74. The van der Waals surface area contributed by atoms with Crippen LogP contribution < -0.4 is 0 Å². The minimum atomic E-state index is 0. The molecule has 1 radical (unpaired) electrons. The second-order valence-electron chi connectivity index (χ2n) is 14.2. The average Bonchev–Trinajstić information content (AvgIpc) is 3.27. The van der Waals surface area contributed by atoms with Gasteiger partial charge in [0.2, 0.25) is 0 Å². The summed E-state index contributed by atoms with van der Waals surface area (Å²) in [4.78, 5) is 20.1. The zero-order chi connectivity index (χ0) is 38.7. The van der Waals surface area contributed by atoms with Crippen molar-refractivity contribution in [2.24, 2.45) is 0 Å². The number of hydrogen-bond donors (Lipinski definition) is 0. The summed E-state index contributed by atoms with van der Waals surface area (Å²) in [5, 5.41) is 0. The zero-order valence-corrected chi connectivity index (χ0v) is 35.8. The summed E-state index contributed by atoms with van der Waals surface area (Å²) in [6.45, 7) is 4.29. The van der Waals surface area contributed by atoms with E-state index in [-0.39, 0.29) is 20.1 Å². The van der Waals surface area contributed by atoms with Gasteiger partial charge in [0.05, 0.1) is 0 Å². The molecule has 281 valence electrons. The normalized spacial score (nSPS) is 10.9. The Bertz CT molecular complexity index is 2790. The molecule has 4 nitrogen and oxygen atoms in total. The molecule has 0 fully saturated rings. The Balaban J connectivity index is 0.00000469. The van der Waals surface area contributed by atoms with E-state index in [2.05, 4.69) is 151 Å². The van der Waals surface area contributed by atoms with Crippen LogP contribution in [0.4, 0.5) is 0 Å². The van der Waals surface area contributed by atoms with Crippen LogP contribution in [0, 0.1) is 19.9 Å². The predicted molar refractivity (Wildman–Crippen MR) is 237 cm³/mol. The van der Waals surface area contributed by atoms with Crippen LogP contribution in [0.25, 0.3) is 89.9 Å². The van der Waals surface area contributed by atoms with Crippen molar-refractivity contribution in [3.8, 4) is 89.9 Å². The summed E-state index contributed by atoms with van der Waals surface area (Å²) >= 11 is 3.89. The maximum Gasteiger partial charge on any atom is 0.165 e. The number of halogens is 1. The number of nitrogens with zero attached hydrogens (tertiary/aromatic N) is 4. The SMILES string of the molecule is Cc1cc(C)cc(-c2ccccc2-c2c[c-]c(-c3ccc(-c4nc(-c5ccccc5)nc(-c5cc(-c6ccccc6)cc(-c6ccccc6)c5)n4)cn3)cc2Br)c1.[Ir]. The Kier molecular flexibility index (Phi) is 11.4. The van der Waals surface area contributed by atoms with Gasteiger partial charge in [-0.2, -0.15) is 0 Å². The van der Waals surface area contributed by atoms with E-state index in [1.54, 1.807) is 0 Å². The molecule has 0 unspecified atom stereocenters. The molecule has 0 saturated heterocycles. The molecule has 0 atom stereocenters. The molecule has 58 heavy (non-hydrogen) atoms. The van der Waals surface area contributed by atoms with E-state index in [0.29, 0.717) is 17.5 Å². The average molecular weight is 989 g/mol. The van der Waals surface area contributed by atoms with Crippen LogP contribution >= 0.6 is 15.9 Å². The first-order chi connectivity index (χ1) is 27.9. The van der Waals surface area contributed by atoms with Gasteiger partial charge in [0.25, 0.3) is 0 Å². The van der Waals surface area contributed by atoms with Crippen molar-refractivity contribution in [1.82, 2.24) is 19.9 Å². The third kappa shape index (κ3) is 8.27. The molecule has 0 N–H and O–H groups in total. The third-order valence-corrected chi connectivity index (χ3v) is 10.7. The first kappa shape index (κ1) is 38.7. The molecule has 0 bridgehead atoms. The van der Waals surface area contributed by atoms with Crippen LogP contribution in [0.2, 0.25) is 0 Å². The molecular weight excluding hydrogens is 953 g/mol. The minimum Gasteiger partial charge on any atom is -0.304 e.